The van der Waals surface area contributed by atoms with Gasteiger partial charge in [-0.15, -0.1) is 0 Å². The zero-order chi connectivity index (χ0) is 14.0. The van der Waals surface area contributed by atoms with Crippen molar-refractivity contribution in [1.82, 2.24) is 0 Å². The van der Waals surface area contributed by atoms with E-state index in [0.29, 0.717) is 30.2 Å². The summed E-state index contributed by atoms with van der Waals surface area (Å²) in [5.74, 6) is 0.601. The first-order valence-corrected chi connectivity index (χ1v) is 6.28. The van der Waals surface area contributed by atoms with Gasteiger partial charge in [0.15, 0.2) is 0 Å². The number of ether oxygens (including phenoxy) is 2. The van der Waals surface area contributed by atoms with E-state index in [-0.39, 0.29) is 6.61 Å². The van der Waals surface area contributed by atoms with Crippen LogP contribution < -0.4 is 9.64 Å². The Bertz CT molecular complexity index is 465. The highest BCUT2D eigenvalue weighted by Gasteiger charge is 2.29. The third-order valence-corrected chi connectivity index (χ3v) is 2.71. The highest BCUT2D eigenvalue weighted by Crippen LogP contribution is 2.35. The van der Waals surface area contributed by atoms with Gasteiger partial charge in [-0.1, -0.05) is 12.1 Å². The van der Waals surface area contributed by atoms with E-state index in [9.17, 15) is 9.90 Å². The molecule has 0 fully saturated rings. The predicted molar refractivity (Wildman–Crippen MR) is 71.4 cm³/mol. The van der Waals surface area contributed by atoms with Crippen molar-refractivity contribution in [1.29, 1.82) is 0 Å². The number of nitrogens with zero attached hydrogens (tertiary/aromatic N) is 1. The molecule has 0 spiro atoms. The number of fused-ring (bicyclic) bond motifs is 1. The fraction of sp³-hybridized carbons (Fsp3) is 0.500. The summed E-state index contributed by atoms with van der Waals surface area (Å²) < 4.78 is 10.9. The zero-order valence-electron chi connectivity index (χ0n) is 11.5. The maximum absolute atomic E-state index is 12.2. The maximum Gasteiger partial charge on any atom is 0.415 e. The second-order valence-electron chi connectivity index (χ2n) is 5.40. The molecule has 0 unspecified atom stereocenters. The van der Waals surface area contributed by atoms with Crippen LogP contribution in [0.4, 0.5) is 10.5 Å². The van der Waals surface area contributed by atoms with Crippen molar-refractivity contribution in [2.45, 2.75) is 33.0 Å². The van der Waals surface area contributed by atoms with Crippen LogP contribution in [-0.4, -0.2) is 30.0 Å². The van der Waals surface area contributed by atoms with Crippen LogP contribution in [0.15, 0.2) is 18.2 Å². The van der Waals surface area contributed by atoms with Crippen molar-refractivity contribution in [3.8, 4) is 5.75 Å². The Morgan fingerprint density at radius 1 is 1.47 bits per heavy atom. The van der Waals surface area contributed by atoms with Gasteiger partial charge in [-0.25, -0.2) is 4.79 Å². The molecule has 1 aliphatic rings. The van der Waals surface area contributed by atoms with Gasteiger partial charge in [-0.05, 0) is 26.8 Å². The van der Waals surface area contributed by atoms with E-state index in [0.717, 1.165) is 0 Å². The maximum atomic E-state index is 12.2. The van der Waals surface area contributed by atoms with Gasteiger partial charge in [-0.2, -0.15) is 0 Å². The lowest BCUT2D eigenvalue weighted by molar-refractivity contribution is 0.0567. The Balaban J connectivity index is 2.34. The first-order valence-electron chi connectivity index (χ1n) is 6.28. The number of para-hydroxylation sites is 1. The number of rotatable bonds is 1. The van der Waals surface area contributed by atoms with E-state index in [1.54, 1.807) is 18.2 Å². The van der Waals surface area contributed by atoms with E-state index in [2.05, 4.69) is 0 Å². The predicted octanol–water partition coefficient (Wildman–Crippen LogP) is 2.31. The minimum absolute atomic E-state index is 0.147. The standard InChI is InChI=1S/C14H19NO4/c1-14(2,3)19-13(17)15-7-8-18-11-6-4-5-10(9-16)12(11)15/h4-6,16H,7-9H2,1-3H3. The molecule has 0 radical (unpaired) electrons. The molecule has 1 N–H and O–H groups in total. The first-order chi connectivity index (χ1) is 8.92. The van der Waals surface area contributed by atoms with Crippen LogP contribution in [0.2, 0.25) is 0 Å². The Kier molecular flexibility index (Phi) is 3.66. The number of carbonyl (C=O) groups is 1. The number of benzene rings is 1. The number of anilines is 1. The normalized spacial score (nSPS) is 14.6. The quantitative estimate of drug-likeness (QED) is 0.846. The number of hydrogen-bond acceptors (Lipinski definition) is 4. The summed E-state index contributed by atoms with van der Waals surface area (Å²) in [6.45, 7) is 6.16. The van der Waals surface area contributed by atoms with E-state index in [4.69, 9.17) is 9.47 Å². The lowest BCUT2D eigenvalue weighted by Crippen LogP contribution is -2.42. The van der Waals surface area contributed by atoms with E-state index >= 15 is 0 Å². The van der Waals surface area contributed by atoms with Gasteiger partial charge in [0.05, 0.1) is 18.8 Å². The smallest absolute Gasteiger partial charge is 0.415 e. The van der Waals surface area contributed by atoms with Crippen LogP contribution in [0, 0.1) is 0 Å². The average Bonchev–Trinajstić information content (AvgIpc) is 2.35. The van der Waals surface area contributed by atoms with Gasteiger partial charge in [0.25, 0.3) is 0 Å². The molecular weight excluding hydrogens is 246 g/mol. The largest absolute Gasteiger partial charge is 0.490 e. The van der Waals surface area contributed by atoms with Crippen molar-refractivity contribution >= 4 is 11.8 Å². The summed E-state index contributed by atoms with van der Waals surface area (Å²) in [7, 11) is 0. The summed E-state index contributed by atoms with van der Waals surface area (Å²) >= 11 is 0. The van der Waals surface area contributed by atoms with E-state index in [1.165, 1.54) is 4.90 Å². The Labute approximate surface area is 112 Å². The van der Waals surface area contributed by atoms with Crippen LogP contribution in [0.25, 0.3) is 0 Å². The molecule has 1 aromatic carbocycles. The van der Waals surface area contributed by atoms with Gasteiger partial charge >= 0.3 is 6.09 Å². The Morgan fingerprint density at radius 3 is 2.84 bits per heavy atom. The highest BCUT2D eigenvalue weighted by molar-refractivity contribution is 5.91. The number of hydrogen-bond donors (Lipinski definition) is 1. The molecule has 0 saturated heterocycles. The highest BCUT2D eigenvalue weighted by atomic mass is 16.6. The minimum Gasteiger partial charge on any atom is -0.490 e. The van der Waals surface area contributed by atoms with E-state index in [1.807, 2.05) is 20.8 Å². The lowest BCUT2D eigenvalue weighted by atomic mass is 10.1. The molecule has 1 amide bonds. The third-order valence-electron chi connectivity index (χ3n) is 2.71. The van der Waals surface area contributed by atoms with Gasteiger partial charge < -0.3 is 14.6 Å². The molecule has 0 saturated carbocycles. The van der Waals surface area contributed by atoms with Crippen LogP contribution in [-0.2, 0) is 11.3 Å². The minimum atomic E-state index is -0.552. The van der Waals surface area contributed by atoms with Crippen LogP contribution in [0.3, 0.4) is 0 Å². The van der Waals surface area contributed by atoms with Gasteiger partial charge in [-0.3, -0.25) is 4.90 Å². The SMILES string of the molecule is CC(C)(C)OC(=O)N1CCOc2cccc(CO)c21. The molecule has 1 heterocycles. The van der Waals surface area contributed by atoms with Gasteiger partial charge in [0.1, 0.15) is 18.0 Å². The summed E-state index contributed by atoms with van der Waals surface area (Å²) in [4.78, 5) is 13.7. The van der Waals surface area contributed by atoms with Gasteiger partial charge in [0.2, 0.25) is 0 Å². The van der Waals surface area contributed by atoms with Crippen LogP contribution >= 0.6 is 0 Å². The molecule has 5 nitrogen and oxygen atoms in total. The topological polar surface area (TPSA) is 59.0 Å². The second-order valence-corrected chi connectivity index (χ2v) is 5.40. The summed E-state index contributed by atoms with van der Waals surface area (Å²) in [5, 5.41) is 9.39. The molecule has 1 aliphatic heterocycles. The molecule has 19 heavy (non-hydrogen) atoms. The molecule has 104 valence electrons. The van der Waals surface area contributed by atoms with E-state index < -0.39 is 11.7 Å². The Morgan fingerprint density at radius 2 is 2.21 bits per heavy atom. The number of aliphatic hydroxyl groups is 1. The van der Waals surface area contributed by atoms with Crippen molar-refractivity contribution in [3.63, 3.8) is 0 Å². The summed E-state index contributed by atoms with van der Waals surface area (Å²) in [6.07, 6.45) is -0.419. The summed E-state index contributed by atoms with van der Waals surface area (Å²) in [6, 6.07) is 5.35. The number of amides is 1. The zero-order valence-corrected chi connectivity index (χ0v) is 11.5. The molecule has 0 aromatic heterocycles. The molecule has 0 aliphatic carbocycles. The monoisotopic (exact) mass is 265 g/mol. The Hall–Kier alpha value is -1.75. The van der Waals surface area contributed by atoms with Crippen molar-refractivity contribution < 1.29 is 19.4 Å². The molecule has 0 atom stereocenters. The van der Waals surface area contributed by atoms with Crippen LogP contribution in [0.1, 0.15) is 26.3 Å². The number of carbonyl (C=O) groups excluding carboxylic acids is 1. The van der Waals surface area contributed by atoms with Gasteiger partial charge in [0, 0.05) is 5.56 Å². The fourth-order valence-corrected chi connectivity index (χ4v) is 1.98. The first kappa shape index (κ1) is 13.7. The molecule has 2 rings (SSSR count). The second kappa shape index (κ2) is 5.09. The summed E-state index contributed by atoms with van der Waals surface area (Å²) in [5.41, 5.74) is 0.706. The molecule has 5 heteroatoms. The van der Waals surface area contributed by atoms with Crippen molar-refractivity contribution in [2.24, 2.45) is 0 Å². The van der Waals surface area contributed by atoms with Crippen molar-refractivity contribution in [2.75, 3.05) is 18.1 Å². The lowest BCUT2D eigenvalue weighted by Gasteiger charge is -2.32. The molecule has 0 bridgehead atoms. The van der Waals surface area contributed by atoms with Crippen molar-refractivity contribution in [3.05, 3.63) is 23.8 Å². The average molecular weight is 265 g/mol. The third kappa shape index (κ3) is 2.98. The number of aliphatic hydroxyl groups excluding tert-OH is 1. The van der Waals surface area contributed by atoms with Crippen LogP contribution in [0.5, 0.6) is 5.75 Å². The fourth-order valence-electron chi connectivity index (χ4n) is 1.98. The molecule has 1 aromatic rings. The molecular formula is C14H19NO4.